The third kappa shape index (κ3) is 3.65. The molecule has 2 heterocycles. The number of amides is 1. The van der Waals surface area contributed by atoms with Gasteiger partial charge in [0.1, 0.15) is 5.00 Å². The standard InChI is InChI=1S/C19H17NO3S2/c1-11(2)12-5-7-13(8-6-12)14-10-25-18(16(14)19(22)23)20-17(21)15-4-3-9-24-15/h3-11H,1-2H3,(H,20,21)(H,22,23)/p-1. The summed E-state index contributed by atoms with van der Waals surface area (Å²) in [6.07, 6.45) is 0. The molecule has 0 aliphatic rings. The molecule has 0 aliphatic heterocycles. The van der Waals surface area contributed by atoms with Gasteiger partial charge in [0.15, 0.2) is 0 Å². The van der Waals surface area contributed by atoms with Gasteiger partial charge in [0.25, 0.3) is 5.91 Å². The summed E-state index contributed by atoms with van der Waals surface area (Å²) in [7, 11) is 0. The third-order valence-electron chi connectivity index (χ3n) is 3.86. The predicted molar refractivity (Wildman–Crippen MR) is 100 cm³/mol. The van der Waals surface area contributed by atoms with Crippen LogP contribution in [0.15, 0.2) is 47.2 Å². The molecule has 0 bridgehead atoms. The third-order valence-corrected chi connectivity index (χ3v) is 5.62. The van der Waals surface area contributed by atoms with E-state index in [1.165, 1.54) is 28.2 Å². The van der Waals surface area contributed by atoms with E-state index in [1.54, 1.807) is 22.9 Å². The number of thiophene rings is 2. The van der Waals surface area contributed by atoms with Crippen LogP contribution in [0.3, 0.4) is 0 Å². The summed E-state index contributed by atoms with van der Waals surface area (Å²) in [4.78, 5) is 24.4. The van der Waals surface area contributed by atoms with Gasteiger partial charge in [-0.2, -0.15) is 0 Å². The summed E-state index contributed by atoms with van der Waals surface area (Å²) in [6.45, 7) is 4.20. The molecule has 0 atom stereocenters. The molecular formula is C19H16NO3S2-. The number of carbonyl (C=O) groups is 2. The fourth-order valence-electron chi connectivity index (χ4n) is 2.49. The van der Waals surface area contributed by atoms with Crippen molar-refractivity contribution in [3.05, 3.63) is 63.2 Å². The van der Waals surface area contributed by atoms with Gasteiger partial charge in [-0.1, -0.05) is 44.2 Å². The van der Waals surface area contributed by atoms with Crippen LogP contribution >= 0.6 is 22.7 Å². The lowest BCUT2D eigenvalue weighted by atomic mass is 9.98. The molecule has 6 heteroatoms. The van der Waals surface area contributed by atoms with Crippen molar-refractivity contribution in [2.45, 2.75) is 19.8 Å². The molecule has 0 saturated carbocycles. The monoisotopic (exact) mass is 370 g/mol. The average molecular weight is 370 g/mol. The topological polar surface area (TPSA) is 69.2 Å². The Bertz CT molecular complexity index is 893. The van der Waals surface area contributed by atoms with E-state index in [1.807, 2.05) is 24.3 Å². The summed E-state index contributed by atoms with van der Waals surface area (Å²) >= 11 is 2.49. The maximum Gasteiger partial charge on any atom is 0.266 e. The number of nitrogens with one attached hydrogen (secondary N) is 1. The quantitative estimate of drug-likeness (QED) is 0.731. The Hall–Kier alpha value is -2.44. The van der Waals surface area contributed by atoms with Gasteiger partial charge < -0.3 is 15.2 Å². The van der Waals surface area contributed by atoms with Crippen molar-refractivity contribution < 1.29 is 14.7 Å². The predicted octanol–water partition coefficient (Wildman–Crippen LogP) is 4.22. The van der Waals surface area contributed by atoms with Crippen LogP contribution in [0, 0.1) is 0 Å². The van der Waals surface area contributed by atoms with E-state index in [9.17, 15) is 14.7 Å². The Kier molecular flexibility index (Phi) is 5.01. The van der Waals surface area contributed by atoms with Crippen molar-refractivity contribution in [2.24, 2.45) is 0 Å². The van der Waals surface area contributed by atoms with Gasteiger partial charge in [0.2, 0.25) is 0 Å². The molecule has 0 spiro atoms. The summed E-state index contributed by atoms with van der Waals surface area (Å²) in [5.74, 6) is -1.22. The van der Waals surface area contributed by atoms with Gasteiger partial charge in [-0.05, 0) is 28.5 Å². The Balaban J connectivity index is 1.94. The molecule has 0 aliphatic carbocycles. The van der Waals surface area contributed by atoms with Crippen LogP contribution in [0.5, 0.6) is 0 Å². The van der Waals surface area contributed by atoms with E-state index in [0.717, 1.165) is 5.56 Å². The Morgan fingerprint density at radius 1 is 1.08 bits per heavy atom. The smallest absolute Gasteiger partial charge is 0.266 e. The van der Waals surface area contributed by atoms with Crippen LogP contribution in [0.25, 0.3) is 11.1 Å². The fraction of sp³-hybridized carbons (Fsp3) is 0.158. The SMILES string of the molecule is CC(C)c1ccc(-c2csc(NC(=O)c3cccs3)c2C(=O)[O-])cc1. The molecule has 4 nitrogen and oxygen atoms in total. The van der Waals surface area contributed by atoms with Gasteiger partial charge in [0, 0.05) is 16.5 Å². The van der Waals surface area contributed by atoms with E-state index >= 15 is 0 Å². The highest BCUT2D eigenvalue weighted by atomic mass is 32.1. The van der Waals surface area contributed by atoms with Crippen molar-refractivity contribution >= 4 is 39.6 Å². The first-order chi connectivity index (χ1) is 12.0. The fourth-order valence-corrected chi connectivity index (χ4v) is 4.06. The minimum absolute atomic E-state index is 0.0206. The summed E-state index contributed by atoms with van der Waals surface area (Å²) < 4.78 is 0. The molecule has 0 unspecified atom stereocenters. The molecule has 1 aromatic carbocycles. The van der Waals surface area contributed by atoms with Gasteiger partial charge >= 0.3 is 0 Å². The lowest BCUT2D eigenvalue weighted by Gasteiger charge is -2.11. The van der Waals surface area contributed by atoms with Gasteiger partial charge in [-0.25, -0.2) is 0 Å². The largest absolute Gasteiger partial charge is 0.545 e. The number of anilines is 1. The van der Waals surface area contributed by atoms with Crippen molar-refractivity contribution in [3.8, 4) is 11.1 Å². The summed E-state index contributed by atoms with van der Waals surface area (Å²) in [5, 5.41) is 18.2. The second-order valence-corrected chi connectivity index (χ2v) is 7.68. The molecule has 128 valence electrons. The second kappa shape index (κ2) is 7.21. The molecule has 3 rings (SSSR count). The number of hydrogen-bond acceptors (Lipinski definition) is 5. The first-order valence-corrected chi connectivity index (χ1v) is 9.51. The number of carbonyl (C=O) groups excluding carboxylic acids is 2. The minimum atomic E-state index is -1.30. The molecule has 0 radical (unpaired) electrons. The van der Waals surface area contributed by atoms with E-state index < -0.39 is 5.97 Å². The molecule has 0 saturated heterocycles. The van der Waals surface area contributed by atoms with Crippen molar-refractivity contribution in [2.75, 3.05) is 5.32 Å². The zero-order valence-corrected chi connectivity index (χ0v) is 15.4. The first kappa shape index (κ1) is 17.4. The number of carboxylic acid groups (broad SMARTS) is 1. The summed E-state index contributed by atoms with van der Waals surface area (Å²) in [5.41, 5.74) is 2.55. The molecule has 3 aromatic rings. The zero-order valence-electron chi connectivity index (χ0n) is 13.7. The highest BCUT2D eigenvalue weighted by Gasteiger charge is 2.17. The van der Waals surface area contributed by atoms with Crippen molar-refractivity contribution in [1.29, 1.82) is 0 Å². The maximum absolute atomic E-state index is 12.2. The number of aromatic carboxylic acids is 1. The Morgan fingerprint density at radius 2 is 1.80 bits per heavy atom. The van der Waals surface area contributed by atoms with Crippen LogP contribution in [-0.2, 0) is 0 Å². The minimum Gasteiger partial charge on any atom is -0.545 e. The lowest BCUT2D eigenvalue weighted by molar-refractivity contribution is -0.254. The molecular weight excluding hydrogens is 354 g/mol. The number of carboxylic acids is 1. The number of hydrogen-bond donors (Lipinski definition) is 1. The van der Waals surface area contributed by atoms with Crippen LogP contribution in [0.4, 0.5) is 5.00 Å². The Morgan fingerprint density at radius 3 is 2.36 bits per heavy atom. The first-order valence-electron chi connectivity index (χ1n) is 7.75. The molecule has 2 aromatic heterocycles. The van der Waals surface area contributed by atoms with Crippen LogP contribution in [0.2, 0.25) is 0 Å². The van der Waals surface area contributed by atoms with E-state index in [0.29, 0.717) is 21.4 Å². The molecule has 1 amide bonds. The molecule has 0 fully saturated rings. The van der Waals surface area contributed by atoms with Gasteiger partial charge in [-0.3, -0.25) is 4.79 Å². The van der Waals surface area contributed by atoms with E-state index in [4.69, 9.17) is 0 Å². The molecule has 1 N–H and O–H groups in total. The van der Waals surface area contributed by atoms with Crippen LogP contribution in [-0.4, -0.2) is 11.9 Å². The normalized spacial score (nSPS) is 10.8. The number of benzene rings is 1. The van der Waals surface area contributed by atoms with Gasteiger partial charge in [-0.15, -0.1) is 22.7 Å². The lowest BCUT2D eigenvalue weighted by Crippen LogP contribution is -2.24. The highest BCUT2D eigenvalue weighted by molar-refractivity contribution is 7.15. The van der Waals surface area contributed by atoms with Gasteiger partial charge in [0.05, 0.1) is 10.8 Å². The van der Waals surface area contributed by atoms with E-state index in [2.05, 4.69) is 19.2 Å². The van der Waals surface area contributed by atoms with Crippen LogP contribution in [0.1, 0.15) is 45.4 Å². The Labute approximate surface area is 153 Å². The number of rotatable bonds is 5. The maximum atomic E-state index is 12.2. The van der Waals surface area contributed by atoms with Crippen molar-refractivity contribution in [1.82, 2.24) is 0 Å². The zero-order chi connectivity index (χ0) is 18.0. The summed E-state index contributed by atoms with van der Waals surface area (Å²) in [6, 6.07) is 11.2. The highest BCUT2D eigenvalue weighted by Crippen LogP contribution is 2.36. The molecule has 25 heavy (non-hydrogen) atoms. The second-order valence-electron chi connectivity index (χ2n) is 5.85. The average Bonchev–Trinajstić information content (AvgIpc) is 3.24. The van der Waals surface area contributed by atoms with Crippen LogP contribution < -0.4 is 10.4 Å². The van der Waals surface area contributed by atoms with E-state index in [-0.39, 0.29) is 11.5 Å². The van der Waals surface area contributed by atoms with Crippen molar-refractivity contribution in [3.63, 3.8) is 0 Å².